The number of aromatic hydroxyl groups is 6. The fourth-order valence-corrected chi connectivity index (χ4v) is 3.47. The first-order chi connectivity index (χ1) is 15.2. The van der Waals surface area contributed by atoms with Crippen LogP contribution in [0, 0.1) is 0 Å². The zero-order valence-electron chi connectivity index (χ0n) is 18.0. The molecule has 6 N–H and O–H groups in total. The SMILES string of the molecule is CCc1cc(O)cc(O)c1Oc1cc(O)c(Oc2c(O)cc(O)cc2CC)c(CC)c1O. The number of hydrogen-bond donors (Lipinski definition) is 6. The summed E-state index contributed by atoms with van der Waals surface area (Å²) in [6.45, 7) is 5.35. The van der Waals surface area contributed by atoms with Crippen LogP contribution in [-0.4, -0.2) is 30.6 Å². The summed E-state index contributed by atoms with van der Waals surface area (Å²) in [5.41, 5.74) is 1.22. The topological polar surface area (TPSA) is 140 Å². The second-order valence-electron chi connectivity index (χ2n) is 7.22. The summed E-state index contributed by atoms with van der Waals surface area (Å²) in [4.78, 5) is 0. The number of phenols is 6. The Bertz CT molecular complexity index is 1150. The molecule has 0 aromatic heterocycles. The van der Waals surface area contributed by atoms with Gasteiger partial charge in [0.15, 0.2) is 46.0 Å². The number of phenolic OH excluding ortho intramolecular Hbond substituents is 6. The van der Waals surface area contributed by atoms with Crippen molar-refractivity contribution in [3.05, 3.63) is 47.0 Å². The quantitative estimate of drug-likeness (QED) is 0.275. The molecule has 0 atom stereocenters. The summed E-state index contributed by atoms with van der Waals surface area (Å²) < 4.78 is 11.5. The Morgan fingerprint density at radius 2 is 1.03 bits per heavy atom. The fraction of sp³-hybridized carbons (Fsp3) is 0.250. The van der Waals surface area contributed by atoms with Crippen LogP contribution >= 0.6 is 0 Å². The number of rotatable bonds is 7. The van der Waals surface area contributed by atoms with Crippen LogP contribution < -0.4 is 9.47 Å². The van der Waals surface area contributed by atoms with Gasteiger partial charge in [0.2, 0.25) is 0 Å². The maximum absolute atomic E-state index is 10.8. The van der Waals surface area contributed by atoms with Crippen molar-refractivity contribution in [2.75, 3.05) is 0 Å². The van der Waals surface area contributed by atoms with Crippen molar-refractivity contribution in [3.8, 4) is 57.5 Å². The highest BCUT2D eigenvalue weighted by molar-refractivity contribution is 5.64. The third-order valence-electron chi connectivity index (χ3n) is 5.09. The average Bonchev–Trinajstić information content (AvgIpc) is 2.74. The molecule has 170 valence electrons. The molecule has 0 heterocycles. The molecule has 0 aliphatic carbocycles. The normalized spacial score (nSPS) is 10.8. The lowest BCUT2D eigenvalue weighted by molar-refractivity contribution is 0.353. The monoisotopic (exact) mass is 442 g/mol. The molecule has 0 aliphatic heterocycles. The van der Waals surface area contributed by atoms with Gasteiger partial charge >= 0.3 is 0 Å². The van der Waals surface area contributed by atoms with Gasteiger partial charge < -0.3 is 40.1 Å². The third kappa shape index (κ3) is 4.25. The van der Waals surface area contributed by atoms with Gasteiger partial charge in [-0.3, -0.25) is 0 Å². The van der Waals surface area contributed by atoms with E-state index >= 15 is 0 Å². The molecule has 0 amide bonds. The summed E-state index contributed by atoms with van der Waals surface area (Å²) >= 11 is 0. The Morgan fingerprint density at radius 3 is 1.50 bits per heavy atom. The molecular weight excluding hydrogens is 416 g/mol. The molecule has 3 rings (SSSR count). The first-order valence-electron chi connectivity index (χ1n) is 10.2. The van der Waals surface area contributed by atoms with Gasteiger partial charge in [-0.1, -0.05) is 20.8 Å². The zero-order valence-corrected chi connectivity index (χ0v) is 18.0. The van der Waals surface area contributed by atoms with E-state index in [0.29, 0.717) is 24.0 Å². The van der Waals surface area contributed by atoms with Crippen molar-refractivity contribution in [2.45, 2.75) is 40.0 Å². The van der Waals surface area contributed by atoms with Crippen molar-refractivity contribution in [2.24, 2.45) is 0 Å². The molecule has 0 unspecified atom stereocenters. The van der Waals surface area contributed by atoms with Crippen LogP contribution in [0.2, 0.25) is 0 Å². The van der Waals surface area contributed by atoms with Crippen molar-refractivity contribution in [1.82, 2.24) is 0 Å². The van der Waals surface area contributed by atoms with E-state index in [2.05, 4.69) is 0 Å². The van der Waals surface area contributed by atoms with Crippen molar-refractivity contribution < 1.29 is 40.1 Å². The minimum absolute atomic E-state index is 0.0418. The van der Waals surface area contributed by atoms with E-state index in [1.807, 2.05) is 13.8 Å². The Hall–Kier alpha value is -3.94. The lowest BCUT2D eigenvalue weighted by Gasteiger charge is -2.19. The molecule has 0 bridgehead atoms. The zero-order chi connectivity index (χ0) is 23.6. The standard InChI is InChI=1S/C24H26O8/c1-4-12-7-14(25)9-17(27)22(12)31-20-11-19(29)24(16(6-3)21(20)30)32-23-13(5-2)8-15(26)10-18(23)28/h7-11,25-30H,4-6H2,1-3H3. The summed E-state index contributed by atoms with van der Waals surface area (Å²) in [5, 5.41) is 61.4. The van der Waals surface area contributed by atoms with Gasteiger partial charge in [0.1, 0.15) is 11.5 Å². The predicted molar refractivity (Wildman–Crippen MR) is 118 cm³/mol. The second kappa shape index (κ2) is 9.05. The highest BCUT2D eigenvalue weighted by atomic mass is 16.5. The van der Waals surface area contributed by atoms with Crippen LogP contribution in [0.4, 0.5) is 0 Å². The average molecular weight is 442 g/mol. The largest absolute Gasteiger partial charge is 0.508 e. The molecule has 8 heteroatoms. The van der Waals surface area contributed by atoms with Gasteiger partial charge in [-0.2, -0.15) is 0 Å². The van der Waals surface area contributed by atoms with Gasteiger partial charge in [0.25, 0.3) is 0 Å². The molecule has 0 saturated carbocycles. The highest BCUT2D eigenvalue weighted by Crippen LogP contribution is 2.50. The number of ether oxygens (including phenoxy) is 2. The van der Waals surface area contributed by atoms with E-state index in [1.54, 1.807) is 6.92 Å². The minimum Gasteiger partial charge on any atom is -0.508 e. The van der Waals surface area contributed by atoms with Gasteiger partial charge in [0.05, 0.1) is 0 Å². The smallest absolute Gasteiger partial charge is 0.176 e. The third-order valence-corrected chi connectivity index (χ3v) is 5.09. The summed E-state index contributed by atoms with van der Waals surface area (Å²) in [5.74, 6) is -1.66. The van der Waals surface area contributed by atoms with E-state index < -0.39 is 0 Å². The molecule has 0 fully saturated rings. The maximum atomic E-state index is 10.8. The maximum Gasteiger partial charge on any atom is 0.176 e. The summed E-state index contributed by atoms with van der Waals surface area (Å²) in [6.07, 6.45) is 1.12. The molecular formula is C24H26O8. The Labute approximate surface area is 185 Å². The van der Waals surface area contributed by atoms with Gasteiger partial charge in [0, 0.05) is 34.9 Å². The van der Waals surface area contributed by atoms with Crippen LogP contribution in [0.25, 0.3) is 0 Å². The van der Waals surface area contributed by atoms with Crippen LogP contribution in [0.3, 0.4) is 0 Å². The van der Waals surface area contributed by atoms with Crippen molar-refractivity contribution in [3.63, 3.8) is 0 Å². The first-order valence-corrected chi connectivity index (χ1v) is 10.2. The number of aryl methyl sites for hydroxylation is 2. The molecule has 8 nitrogen and oxygen atoms in total. The number of hydrogen-bond acceptors (Lipinski definition) is 8. The van der Waals surface area contributed by atoms with Crippen LogP contribution in [-0.2, 0) is 19.3 Å². The van der Waals surface area contributed by atoms with E-state index in [-0.39, 0.29) is 69.5 Å². The first kappa shape index (κ1) is 22.7. The van der Waals surface area contributed by atoms with E-state index in [4.69, 9.17) is 9.47 Å². The molecule has 3 aromatic rings. The Balaban J connectivity index is 2.09. The van der Waals surface area contributed by atoms with Gasteiger partial charge in [-0.15, -0.1) is 0 Å². The number of benzene rings is 3. The molecule has 3 aromatic carbocycles. The van der Waals surface area contributed by atoms with E-state index in [0.717, 1.165) is 18.2 Å². The molecule has 0 saturated heterocycles. The van der Waals surface area contributed by atoms with Crippen LogP contribution in [0.5, 0.6) is 57.5 Å². The van der Waals surface area contributed by atoms with E-state index in [1.165, 1.54) is 12.1 Å². The minimum atomic E-state index is -0.361. The Kier molecular flexibility index (Phi) is 6.43. The van der Waals surface area contributed by atoms with Gasteiger partial charge in [-0.05, 0) is 31.4 Å². The van der Waals surface area contributed by atoms with E-state index in [9.17, 15) is 30.6 Å². The molecule has 0 radical (unpaired) electrons. The fourth-order valence-electron chi connectivity index (χ4n) is 3.47. The summed E-state index contributed by atoms with van der Waals surface area (Å²) in [6, 6.07) is 6.25. The molecule has 0 spiro atoms. The highest BCUT2D eigenvalue weighted by Gasteiger charge is 2.23. The van der Waals surface area contributed by atoms with Crippen molar-refractivity contribution in [1.29, 1.82) is 0 Å². The van der Waals surface area contributed by atoms with Crippen LogP contribution in [0.1, 0.15) is 37.5 Å². The molecule has 0 aliphatic rings. The Morgan fingerprint density at radius 1 is 0.562 bits per heavy atom. The second-order valence-corrected chi connectivity index (χ2v) is 7.22. The van der Waals surface area contributed by atoms with Crippen molar-refractivity contribution >= 4 is 0 Å². The van der Waals surface area contributed by atoms with Gasteiger partial charge in [-0.25, -0.2) is 0 Å². The van der Waals surface area contributed by atoms with Crippen LogP contribution in [0.15, 0.2) is 30.3 Å². The summed E-state index contributed by atoms with van der Waals surface area (Å²) in [7, 11) is 0. The molecule has 32 heavy (non-hydrogen) atoms. The lowest BCUT2D eigenvalue weighted by Crippen LogP contribution is -1.98. The lowest BCUT2D eigenvalue weighted by atomic mass is 10.1. The predicted octanol–water partition coefficient (Wildman–Crippen LogP) is 5.19.